The number of anilines is 1. The van der Waals surface area contributed by atoms with E-state index in [0.717, 1.165) is 24.2 Å². The largest absolute Gasteiger partial charge is 0.391 e. The molecule has 16 heavy (non-hydrogen) atoms. The van der Waals surface area contributed by atoms with Gasteiger partial charge in [-0.05, 0) is 32.6 Å². The van der Waals surface area contributed by atoms with Crippen LogP contribution in [0.15, 0.2) is 0 Å². The maximum absolute atomic E-state index is 9.74. The van der Waals surface area contributed by atoms with Crippen LogP contribution in [-0.2, 0) is 0 Å². The molecule has 0 radical (unpaired) electrons. The molecule has 0 saturated heterocycles. The Kier molecular flexibility index (Phi) is 3.30. The number of hydrogen-bond donors (Lipinski definition) is 2. The van der Waals surface area contributed by atoms with Gasteiger partial charge in [0.05, 0.1) is 6.10 Å². The molecule has 2 rings (SSSR count). The van der Waals surface area contributed by atoms with Gasteiger partial charge in [0.25, 0.3) is 0 Å². The van der Waals surface area contributed by atoms with Crippen LogP contribution >= 0.6 is 11.6 Å². The summed E-state index contributed by atoms with van der Waals surface area (Å²) in [6, 6.07) is 0. The molecule has 0 aromatic carbocycles. The van der Waals surface area contributed by atoms with E-state index in [-0.39, 0.29) is 6.10 Å². The normalized spacial score (nSPS) is 17.2. The zero-order valence-corrected chi connectivity index (χ0v) is 10.3. The van der Waals surface area contributed by atoms with Crippen LogP contribution in [0.2, 0.25) is 5.15 Å². The maximum Gasteiger partial charge on any atom is 0.137 e. The van der Waals surface area contributed by atoms with Crippen molar-refractivity contribution in [3.8, 4) is 0 Å². The topological polar surface area (TPSA) is 58.0 Å². The Bertz CT molecular complexity index is 393. The van der Waals surface area contributed by atoms with Gasteiger partial charge < -0.3 is 10.4 Å². The van der Waals surface area contributed by atoms with Crippen LogP contribution in [0.1, 0.15) is 24.2 Å². The zero-order valence-electron chi connectivity index (χ0n) is 9.50. The van der Waals surface area contributed by atoms with E-state index in [2.05, 4.69) is 15.3 Å². The Labute approximate surface area is 100 Å². The van der Waals surface area contributed by atoms with E-state index in [4.69, 9.17) is 11.6 Å². The Hall–Kier alpha value is -0.870. The molecule has 0 spiro atoms. The van der Waals surface area contributed by atoms with Crippen LogP contribution in [0.3, 0.4) is 0 Å². The molecule has 1 heterocycles. The summed E-state index contributed by atoms with van der Waals surface area (Å²) in [6.07, 6.45) is 1.98. The Morgan fingerprint density at radius 3 is 2.75 bits per heavy atom. The number of aliphatic hydroxyl groups excluding tert-OH is 1. The van der Waals surface area contributed by atoms with Crippen molar-refractivity contribution in [3.63, 3.8) is 0 Å². The van der Waals surface area contributed by atoms with Crippen molar-refractivity contribution in [2.24, 2.45) is 5.92 Å². The third-order valence-corrected chi connectivity index (χ3v) is 3.21. The fourth-order valence-electron chi connectivity index (χ4n) is 1.62. The Morgan fingerprint density at radius 1 is 1.44 bits per heavy atom. The lowest BCUT2D eigenvalue weighted by molar-refractivity contribution is 0.164. The Morgan fingerprint density at radius 2 is 2.12 bits per heavy atom. The summed E-state index contributed by atoms with van der Waals surface area (Å²) in [5.41, 5.74) is 0.829. The summed E-state index contributed by atoms with van der Waals surface area (Å²) in [4.78, 5) is 8.33. The predicted octanol–water partition coefficient (Wildman–Crippen LogP) is 1.93. The van der Waals surface area contributed by atoms with Gasteiger partial charge >= 0.3 is 0 Å². The molecular weight excluding hydrogens is 226 g/mol. The predicted molar refractivity (Wildman–Crippen MR) is 63.7 cm³/mol. The minimum atomic E-state index is -0.284. The van der Waals surface area contributed by atoms with Gasteiger partial charge in [-0.3, -0.25) is 0 Å². The summed E-state index contributed by atoms with van der Waals surface area (Å²) >= 11 is 5.96. The quantitative estimate of drug-likeness (QED) is 0.791. The number of rotatable bonds is 4. The first-order valence-corrected chi connectivity index (χ1v) is 5.88. The van der Waals surface area contributed by atoms with Gasteiger partial charge in [-0.2, -0.15) is 0 Å². The first-order chi connectivity index (χ1) is 7.58. The number of aliphatic hydroxyl groups is 1. The highest BCUT2D eigenvalue weighted by molar-refractivity contribution is 6.30. The van der Waals surface area contributed by atoms with Crippen LogP contribution < -0.4 is 5.32 Å². The number of nitrogens with zero attached hydrogens (tertiary/aromatic N) is 2. The molecule has 88 valence electrons. The smallest absolute Gasteiger partial charge is 0.137 e. The van der Waals surface area contributed by atoms with Gasteiger partial charge in [0.15, 0.2) is 0 Å². The average Bonchev–Trinajstić information content (AvgIpc) is 3.04. The van der Waals surface area contributed by atoms with Crippen LogP contribution in [0.4, 0.5) is 5.82 Å². The van der Waals surface area contributed by atoms with Crippen molar-refractivity contribution in [2.75, 3.05) is 11.9 Å². The van der Waals surface area contributed by atoms with Crippen molar-refractivity contribution in [1.82, 2.24) is 9.97 Å². The van der Waals surface area contributed by atoms with E-state index >= 15 is 0 Å². The van der Waals surface area contributed by atoms with E-state index in [1.165, 1.54) is 0 Å². The lowest BCUT2D eigenvalue weighted by Gasteiger charge is -2.13. The lowest BCUT2D eigenvalue weighted by Crippen LogP contribution is -2.22. The van der Waals surface area contributed by atoms with E-state index < -0.39 is 0 Å². The second-order valence-corrected chi connectivity index (χ2v) is 4.68. The average molecular weight is 242 g/mol. The second-order valence-electron chi connectivity index (χ2n) is 4.32. The summed E-state index contributed by atoms with van der Waals surface area (Å²) < 4.78 is 0. The molecule has 0 amide bonds. The molecule has 1 aliphatic rings. The zero-order chi connectivity index (χ0) is 11.7. The standard InChI is InChI=1S/C11H16ClN3O/c1-6-10(12)14-7(2)15-11(6)13-5-9(16)8-3-4-8/h8-9,16H,3-5H2,1-2H3,(H,13,14,15). The van der Waals surface area contributed by atoms with Crippen LogP contribution in [0, 0.1) is 19.8 Å². The van der Waals surface area contributed by atoms with E-state index in [9.17, 15) is 5.11 Å². The van der Waals surface area contributed by atoms with Crippen LogP contribution in [0.25, 0.3) is 0 Å². The molecule has 1 fully saturated rings. The van der Waals surface area contributed by atoms with Crippen LogP contribution in [0.5, 0.6) is 0 Å². The van der Waals surface area contributed by atoms with Gasteiger partial charge in [-0.25, -0.2) is 9.97 Å². The SMILES string of the molecule is Cc1nc(Cl)c(C)c(NCC(O)C2CC2)n1. The molecule has 0 aliphatic heterocycles. The fourth-order valence-corrected chi connectivity index (χ4v) is 1.83. The minimum absolute atomic E-state index is 0.284. The molecule has 1 aromatic rings. The summed E-state index contributed by atoms with van der Waals surface area (Å²) in [5, 5.41) is 13.3. The summed E-state index contributed by atoms with van der Waals surface area (Å²) in [5.74, 6) is 1.82. The molecule has 1 unspecified atom stereocenters. The molecule has 1 saturated carbocycles. The molecular formula is C11H16ClN3O. The number of hydrogen-bond acceptors (Lipinski definition) is 4. The van der Waals surface area contributed by atoms with Crippen molar-refractivity contribution in [3.05, 3.63) is 16.5 Å². The van der Waals surface area contributed by atoms with E-state index in [1.807, 2.05) is 6.92 Å². The summed E-state index contributed by atoms with van der Waals surface area (Å²) in [6.45, 7) is 4.19. The third kappa shape index (κ3) is 2.62. The number of halogens is 1. The molecule has 2 N–H and O–H groups in total. The van der Waals surface area contributed by atoms with Crippen LogP contribution in [-0.4, -0.2) is 27.7 Å². The van der Waals surface area contributed by atoms with Crippen molar-refractivity contribution >= 4 is 17.4 Å². The minimum Gasteiger partial charge on any atom is -0.391 e. The van der Waals surface area contributed by atoms with Crippen molar-refractivity contribution in [1.29, 1.82) is 0 Å². The lowest BCUT2D eigenvalue weighted by atomic mass is 10.2. The molecule has 0 bridgehead atoms. The highest BCUT2D eigenvalue weighted by Gasteiger charge is 2.29. The monoisotopic (exact) mass is 241 g/mol. The molecule has 1 aromatic heterocycles. The fraction of sp³-hybridized carbons (Fsp3) is 0.636. The molecule has 1 aliphatic carbocycles. The molecule has 5 heteroatoms. The highest BCUT2D eigenvalue weighted by Crippen LogP contribution is 2.32. The number of nitrogens with one attached hydrogen (secondary N) is 1. The van der Waals surface area contributed by atoms with E-state index in [0.29, 0.717) is 23.4 Å². The van der Waals surface area contributed by atoms with Gasteiger partial charge in [-0.15, -0.1) is 0 Å². The Balaban J connectivity index is 2.02. The molecule has 4 nitrogen and oxygen atoms in total. The number of aryl methyl sites for hydroxylation is 1. The van der Waals surface area contributed by atoms with E-state index in [1.54, 1.807) is 6.92 Å². The van der Waals surface area contributed by atoms with Crippen molar-refractivity contribution in [2.45, 2.75) is 32.8 Å². The second kappa shape index (κ2) is 4.55. The first kappa shape index (κ1) is 11.6. The highest BCUT2D eigenvalue weighted by atomic mass is 35.5. The first-order valence-electron chi connectivity index (χ1n) is 5.50. The van der Waals surface area contributed by atoms with Gasteiger partial charge in [-0.1, -0.05) is 11.6 Å². The third-order valence-electron chi connectivity index (χ3n) is 2.84. The van der Waals surface area contributed by atoms with Gasteiger partial charge in [0.2, 0.25) is 0 Å². The van der Waals surface area contributed by atoms with Gasteiger partial charge in [0.1, 0.15) is 16.8 Å². The van der Waals surface area contributed by atoms with Gasteiger partial charge in [0, 0.05) is 12.1 Å². The summed E-state index contributed by atoms with van der Waals surface area (Å²) in [7, 11) is 0. The van der Waals surface area contributed by atoms with Crippen molar-refractivity contribution < 1.29 is 5.11 Å². The number of aromatic nitrogens is 2. The maximum atomic E-state index is 9.74. The molecule has 1 atom stereocenters.